The molecule has 0 aliphatic carbocycles. The zero-order chi connectivity index (χ0) is 14.4. The lowest BCUT2D eigenvalue weighted by molar-refractivity contribution is 0.215. The number of hydrogen-bond acceptors (Lipinski definition) is 2. The predicted molar refractivity (Wildman–Crippen MR) is 81.2 cm³/mol. The molecule has 0 heterocycles. The van der Waals surface area contributed by atoms with Crippen molar-refractivity contribution in [3.8, 4) is 5.75 Å². The molecule has 20 heavy (non-hydrogen) atoms. The summed E-state index contributed by atoms with van der Waals surface area (Å²) >= 11 is 0. The van der Waals surface area contributed by atoms with E-state index in [0.29, 0.717) is 11.7 Å². The molecule has 0 saturated heterocycles. The minimum absolute atomic E-state index is 0.479. The number of amides is 1. The predicted octanol–water partition coefficient (Wildman–Crippen LogP) is 4.81. The zero-order valence-corrected chi connectivity index (χ0v) is 11.8. The highest BCUT2D eigenvalue weighted by Crippen LogP contribution is 2.20. The van der Waals surface area contributed by atoms with Gasteiger partial charge in [0.1, 0.15) is 5.75 Å². The maximum Gasteiger partial charge on any atom is 0.417 e. The number of para-hydroxylation sites is 1. The van der Waals surface area contributed by atoms with Crippen LogP contribution >= 0.6 is 0 Å². The molecule has 3 nitrogen and oxygen atoms in total. The standard InChI is InChI=1S/C17H19NO2/c1-3-13(2)14-9-11-15(12-10-14)18-17(19)20-16-7-5-4-6-8-16/h4-13H,3H2,1-2H3,(H,18,19). The Labute approximate surface area is 119 Å². The fourth-order valence-electron chi connectivity index (χ4n) is 1.87. The van der Waals surface area contributed by atoms with Crippen molar-refractivity contribution in [3.05, 3.63) is 60.2 Å². The van der Waals surface area contributed by atoms with Gasteiger partial charge in [0.25, 0.3) is 0 Å². The maximum absolute atomic E-state index is 11.7. The van der Waals surface area contributed by atoms with Gasteiger partial charge in [-0.2, -0.15) is 0 Å². The van der Waals surface area contributed by atoms with E-state index in [1.54, 1.807) is 12.1 Å². The van der Waals surface area contributed by atoms with E-state index in [-0.39, 0.29) is 0 Å². The van der Waals surface area contributed by atoms with E-state index < -0.39 is 6.09 Å². The molecule has 0 radical (unpaired) electrons. The van der Waals surface area contributed by atoms with Crippen LogP contribution in [-0.2, 0) is 0 Å². The van der Waals surface area contributed by atoms with Gasteiger partial charge in [-0.05, 0) is 42.2 Å². The molecule has 2 aromatic rings. The lowest BCUT2D eigenvalue weighted by Crippen LogP contribution is -2.16. The minimum Gasteiger partial charge on any atom is -0.410 e. The largest absolute Gasteiger partial charge is 0.417 e. The summed E-state index contributed by atoms with van der Waals surface area (Å²) in [5.74, 6) is 1.06. The number of benzene rings is 2. The van der Waals surface area contributed by atoms with Crippen molar-refractivity contribution < 1.29 is 9.53 Å². The quantitative estimate of drug-likeness (QED) is 0.864. The van der Waals surface area contributed by atoms with Gasteiger partial charge in [0.05, 0.1) is 0 Å². The average molecular weight is 269 g/mol. The molecule has 104 valence electrons. The highest BCUT2D eigenvalue weighted by atomic mass is 16.6. The summed E-state index contributed by atoms with van der Waals surface area (Å²) in [6.07, 6.45) is 0.621. The molecule has 2 aromatic carbocycles. The molecule has 1 unspecified atom stereocenters. The van der Waals surface area contributed by atoms with E-state index in [1.807, 2.05) is 42.5 Å². The van der Waals surface area contributed by atoms with Gasteiger partial charge in [-0.15, -0.1) is 0 Å². The first-order valence-corrected chi connectivity index (χ1v) is 6.83. The Balaban J connectivity index is 1.94. The van der Waals surface area contributed by atoms with E-state index in [9.17, 15) is 4.79 Å². The van der Waals surface area contributed by atoms with Crippen molar-refractivity contribution >= 4 is 11.8 Å². The molecule has 3 heteroatoms. The van der Waals surface area contributed by atoms with Crippen LogP contribution in [0.25, 0.3) is 0 Å². The second kappa shape index (κ2) is 6.75. The molecular formula is C17H19NO2. The molecule has 0 bridgehead atoms. The Hall–Kier alpha value is -2.29. The summed E-state index contributed by atoms with van der Waals surface area (Å²) in [6.45, 7) is 4.35. The van der Waals surface area contributed by atoms with Crippen molar-refractivity contribution in [1.82, 2.24) is 0 Å². The molecule has 0 fully saturated rings. The third-order valence-electron chi connectivity index (χ3n) is 3.29. The fraction of sp³-hybridized carbons (Fsp3) is 0.235. The van der Waals surface area contributed by atoms with Crippen LogP contribution in [0.15, 0.2) is 54.6 Å². The summed E-state index contributed by atoms with van der Waals surface area (Å²) < 4.78 is 5.17. The molecule has 2 rings (SSSR count). The smallest absolute Gasteiger partial charge is 0.410 e. The number of carbonyl (C=O) groups excluding carboxylic acids is 1. The van der Waals surface area contributed by atoms with Crippen molar-refractivity contribution in [2.75, 3.05) is 5.32 Å². The third-order valence-corrected chi connectivity index (χ3v) is 3.29. The normalized spacial score (nSPS) is 11.7. The summed E-state index contributed by atoms with van der Waals surface area (Å²) in [4.78, 5) is 11.7. The van der Waals surface area contributed by atoms with Crippen molar-refractivity contribution in [1.29, 1.82) is 0 Å². The molecule has 1 atom stereocenters. The summed E-state index contributed by atoms with van der Waals surface area (Å²) in [7, 11) is 0. The van der Waals surface area contributed by atoms with Gasteiger partial charge >= 0.3 is 6.09 Å². The van der Waals surface area contributed by atoms with E-state index in [2.05, 4.69) is 19.2 Å². The fourth-order valence-corrected chi connectivity index (χ4v) is 1.87. The first kappa shape index (κ1) is 14.1. The lowest BCUT2D eigenvalue weighted by Gasteiger charge is -2.10. The second-order valence-corrected chi connectivity index (χ2v) is 4.76. The van der Waals surface area contributed by atoms with Crippen LogP contribution in [0.1, 0.15) is 31.7 Å². The Morgan fingerprint density at radius 1 is 1.10 bits per heavy atom. The van der Waals surface area contributed by atoms with Crippen molar-refractivity contribution in [2.45, 2.75) is 26.2 Å². The molecule has 0 aromatic heterocycles. The van der Waals surface area contributed by atoms with Gasteiger partial charge in [-0.25, -0.2) is 4.79 Å². The summed E-state index contributed by atoms with van der Waals surface area (Å²) in [5.41, 5.74) is 2.01. The SMILES string of the molecule is CCC(C)c1ccc(NC(=O)Oc2ccccc2)cc1. The number of rotatable bonds is 4. The first-order valence-electron chi connectivity index (χ1n) is 6.83. The number of nitrogens with one attached hydrogen (secondary N) is 1. The van der Waals surface area contributed by atoms with Crippen molar-refractivity contribution in [2.24, 2.45) is 0 Å². The number of anilines is 1. The second-order valence-electron chi connectivity index (χ2n) is 4.76. The lowest BCUT2D eigenvalue weighted by atomic mass is 9.99. The Kier molecular flexibility index (Phi) is 4.77. The molecule has 0 spiro atoms. The Morgan fingerprint density at radius 3 is 2.35 bits per heavy atom. The van der Waals surface area contributed by atoms with E-state index >= 15 is 0 Å². The van der Waals surface area contributed by atoms with E-state index in [4.69, 9.17) is 4.74 Å². The van der Waals surface area contributed by atoms with Crippen LogP contribution in [-0.4, -0.2) is 6.09 Å². The zero-order valence-electron chi connectivity index (χ0n) is 11.8. The summed E-state index contributed by atoms with van der Waals surface area (Å²) in [6, 6.07) is 16.9. The van der Waals surface area contributed by atoms with Crippen LogP contribution in [0.4, 0.5) is 10.5 Å². The molecule has 0 saturated carbocycles. The molecule has 1 N–H and O–H groups in total. The van der Waals surface area contributed by atoms with Gasteiger partial charge in [-0.1, -0.05) is 44.2 Å². The average Bonchev–Trinajstić information content (AvgIpc) is 2.48. The van der Waals surface area contributed by atoms with Crippen LogP contribution in [0.5, 0.6) is 5.75 Å². The number of ether oxygens (including phenoxy) is 1. The number of hydrogen-bond donors (Lipinski definition) is 1. The number of carbonyl (C=O) groups is 1. The highest BCUT2D eigenvalue weighted by molar-refractivity contribution is 5.86. The van der Waals surface area contributed by atoms with Gasteiger partial charge in [0.2, 0.25) is 0 Å². The van der Waals surface area contributed by atoms with E-state index in [0.717, 1.165) is 12.1 Å². The Bertz CT molecular complexity index is 549. The molecule has 1 amide bonds. The van der Waals surface area contributed by atoms with Gasteiger partial charge in [-0.3, -0.25) is 5.32 Å². The minimum atomic E-state index is -0.479. The van der Waals surface area contributed by atoms with Gasteiger partial charge in [0.15, 0.2) is 0 Å². The van der Waals surface area contributed by atoms with Crippen LogP contribution < -0.4 is 10.1 Å². The van der Waals surface area contributed by atoms with Crippen LogP contribution in [0.3, 0.4) is 0 Å². The van der Waals surface area contributed by atoms with Gasteiger partial charge in [0, 0.05) is 5.69 Å². The van der Waals surface area contributed by atoms with Crippen molar-refractivity contribution in [3.63, 3.8) is 0 Å². The van der Waals surface area contributed by atoms with Crippen LogP contribution in [0, 0.1) is 0 Å². The third kappa shape index (κ3) is 3.85. The summed E-state index contributed by atoms with van der Waals surface area (Å²) in [5, 5.41) is 2.71. The molecule has 0 aliphatic rings. The van der Waals surface area contributed by atoms with Gasteiger partial charge < -0.3 is 4.74 Å². The molecular weight excluding hydrogens is 250 g/mol. The molecule has 0 aliphatic heterocycles. The monoisotopic (exact) mass is 269 g/mol. The maximum atomic E-state index is 11.7. The highest BCUT2D eigenvalue weighted by Gasteiger charge is 2.06. The topological polar surface area (TPSA) is 38.3 Å². The van der Waals surface area contributed by atoms with E-state index in [1.165, 1.54) is 5.56 Å². The first-order chi connectivity index (χ1) is 9.69. The Morgan fingerprint density at radius 2 is 1.75 bits per heavy atom. The van der Waals surface area contributed by atoms with Crippen LogP contribution in [0.2, 0.25) is 0 Å².